The Morgan fingerprint density at radius 2 is 2.14 bits per heavy atom. The van der Waals surface area contributed by atoms with E-state index in [1.54, 1.807) is 11.0 Å². The van der Waals surface area contributed by atoms with Gasteiger partial charge in [-0.15, -0.1) is 5.73 Å². The average Bonchev–Trinajstić information content (AvgIpc) is 2.71. The molecular weight excluding hydrogens is 266 g/mol. The fourth-order valence-corrected chi connectivity index (χ4v) is 2.63. The van der Waals surface area contributed by atoms with Gasteiger partial charge in [-0.2, -0.15) is 0 Å². The average molecular weight is 287 g/mol. The number of carbonyl (C=O) groups excluding carboxylic acids is 1. The molecule has 112 valence electrons. The number of carbonyl (C=O) groups is 1. The van der Waals surface area contributed by atoms with Crippen molar-refractivity contribution in [3.63, 3.8) is 0 Å². The third-order valence-corrected chi connectivity index (χ3v) is 3.66. The van der Waals surface area contributed by atoms with Crippen molar-refractivity contribution < 1.29 is 14.6 Å². The number of allylic oxidation sites excluding steroid dienone is 1. The Labute approximate surface area is 125 Å². The molecule has 1 heterocycles. The summed E-state index contributed by atoms with van der Waals surface area (Å²) in [6, 6.07) is 9.71. The summed E-state index contributed by atoms with van der Waals surface area (Å²) >= 11 is 0. The monoisotopic (exact) mass is 287 g/mol. The van der Waals surface area contributed by atoms with E-state index in [0.29, 0.717) is 19.6 Å². The summed E-state index contributed by atoms with van der Waals surface area (Å²) in [6.07, 6.45) is 0.691. The van der Waals surface area contributed by atoms with Gasteiger partial charge in [0.25, 0.3) is 0 Å². The number of hydrogen-bond acceptors (Lipinski definition) is 3. The summed E-state index contributed by atoms with van der Waals surface area (Å²) < 4.78 is 5.59. The Hall–Kier alpha value is -1.87. The molecule has 0 unspecified atom stereocenters. The number of amides is 1. The Kier molecular flexibility index (Phi) is 5.34. The van der Waals surface area contributed by atoms with Crippen LogP contribution in [0.15, 0.2) is 48.7 Å². The number of aliphatic hydroxyl groups excluding tert-OH is 1. The lowest BCUT2D eigenvalue weighted by Gasteiger charge is -2.25. The summed E-state index contributed by atoms with van der Waals surface area (Å²) in [5.74, 6) is -0.573. The van der Waals surface area contributed by atoms with Gasteiger partial charge in [0.05, 0.1) is 5.92 Å². The minimum absolute atomic E-state index is 0.0868. The molecule has 0 bridgehead atoms. The van der Waals surface area contributed by atoms with Crippen LogP contribution in [0.3, 0.4) is 0 Å². The first-order valence-electron chi connectivity index (χ1n) is 7.17. The Bertz CT molecular complexity index is 522. The van der Waals surface area contributed by atoms with Crippen molar-refractivity contribution in [1.29, 1.82) is 0 Å². The Morgan fingerprint density at radius 3 is 2.76 bits per heavy atom. The van der Waals surface area contributed by atoms with E-state index in [1.165, 1.54) is 0 Å². The number of ether oxygens (including phenoxy) is 1. The molecule has 1 aliphatic heterocycles. The van der Waals surface area contributed by atoms with E-state index in [1.807, 2.05) is 37.3 Å². The molecule has 1 aliphatic rings. The van der Waals surface area contributed by atoms with E-state index < -0.39 is 18.2 Å². The van der Waals surface area contributed by atoms with Crippen molar-refractivity contribution >= 4 is 5.91 Å². The molecule has 0 spiro atoms. The Balaban J connectivity index is 2.19. The maximum absolute atomic E-state index is 12.5. The zero-order valence-electron chi connectivity index (χ0n) is 12.2. The second kappa shape index (κ2) is 7.23. The maximum atomic E-state index is 12.5. The Morgan fingerprint density at radius 1 is 1.43 bits per heavy atom. The molecule has 4 nitrogen and oxygen atoms in total. The lowest BCUT2D eigenvalue weighted by atomic mass is 10.0. The molecule has 0 aliphatic carbocycles. The second-order valence-corrected chi connectivity index (χ2v) is 5.04. The molecule has 0 radical (unpaired) electrons. The summed E-state index contributed by atoms with van der Waals surface area (Å²) in [5, 5.41) is 10.4. The molecule has 4 heteroatoms. The quantitative estimate of drug-likeness (QED) is 0.815. The van der Waals surface area contributed by atoms with Gasteiger partial charge in [0.15, 0.2) is 6.23 Å². The predicted molar refractivity (Wildman–Crippen MR) is 80.2 cm³/mol. The van der Waals surface area contributed by atoms with Crippen LogP contribution in [0.5, 0.6) is 0 Å². The van der Waals surface area contributed by atoms with Crippen molar-refractivity contribution in [1.82, 2.24) is 4.90 Å². The molecule has 1 N–H and O–H groups in total. The molecule has 2 rings (SSSR count). The van der Waals surface area contributed by atoms with Crippen molar-refractivity contribution in [3.05, 3.63) is 54.3 Å². The summed E-state index contributed by atoms with van der Waals surface area (Å²) in [4.78, 5) is 14.1. The highest BCUT2D eigenvalue weighted by Crippen LogP contribution is 2.30. The van der Waals surface area contributed by atoms with Gasteiger partial charge in [0, 0.05) is 13.2 Å². The van der Waals surface area contributed by atoms with Crippen LogP contribution in [-0.4, -0.2) is 34.9 Å². The zero-order valence-corrected chi connectivity index (χ0v) is 12.2. The van der Waals surface area contributed by atoms with Gasteiger partial charge >= 0.3 is 0 Å². The largest absolute Gasteiger partial charge is 0.388 e. The molecule has 1 fully saturated rings. The van der Waals surface area contributed by atoms with Gasteiger partial charge in [-0.05, 0) is 25.0 Å². The van der Waals surface area contributed by atoms with Crippen LogP contribution in [-0.2, 0) is 16.1 Å². The van der Waals surface area contributed by atoms with E-state index in [9.17, 15) is 9.90 Å². The number of rotatable bonds is 6. The normalized spacial score (nSPS) is 25.0. The molecule has 1 saturated heterocycles. The molecule has 0 saturated carbocycles. The third-order valence-electron chi connectivity index (χ3n) is 3.66. The molecule has 1 aromatic carbocycles. The fourth-order valence-electron chi connectivity index (χ4n) is 2.63. The van der Waals surface area contributed by atoms with Gasteiger partial charge in [-0.3, -0.25) is 4.79 Å². The molecule has 21 heavy (non-hydrogen) atoms. The summed E-state index contributed by atoms with van der Waals surface area (Å²) in [5.41, 5.74) is 3.67. The summed E-state index contributed by atoms with van der Waals surface area (Å²) in [6.45, 7) is 6.24. The highest BCUT2D eigenvalue weighted by atomic mass is 16.5. The van der Waals surface area contributed by atoms with Crippen molar-refractivity contribution in [3.8, 4) is 0 Å². The molecule has 1 amide bonds. The van der Waals surface area contributed by atoms with Crippen LogP contribution < -0.4 is 0 Å². The third kappa shape index (κ3) is 3.42. The number of benzene rings is 1. The number of nitrogens with zero attached hydrogens (tertiary/aromatic N) is 1. The number of aliphatic hydroxyl groups is 1. The van der Waals surface area contributed by atoms with Crippen LogP contribution in [0.2, 0.25) is 0 Å². The number of likely N-dealkylation sites (tertiary alicyclic amines) is 1. The molecule has 3 atom stereocenters. The van der Waals surface area contributed by atoms with Crippen LogP contribution in [0.4, 0.5) is 0 Å². The smallest absolute Gasteiger partial charge is 0.231 e. The first kappa shape index (κ1) is 15.5. The van der Waals surface area contributed by atoms with Crippen LogP contribution in [0.25, 0.3) is 0 Å². The highest BCUT2D eigenvalue weighted by Gasteiger charge is 2.47. The minimum atomic E-state index is -0.828. The fraction of sp³-hybridized carbons (Fsp3) is 0.412. The van der Waals surface area contributed by atoms with Crippen LogP contribution in [0, 0.1) is 5.92 Å². The molecule has 0 aromatic heterocycles. The van der Waals surface area contributed by atoms with Crippen molar-refractivity contribution in [2.75, 3.05) is 6.61 Å². The van der Waals surface area contributed by atoms with E-state index in [4.69, 9.17) is 4.74 Å². The minimum Gasteiger partial charge on any atom is -0.388 e. The second-order valence-electron chi connectivity index (χ2n) is 5.04. The van der Waals surface area contributed by atoms with Crippen LogP contribution >= 0.6 is 0 Å². The van der Waals surface area contributed by atoms with E-state index in [-0.39, 0.29) is 5.91 Å². The summed E-state index contributed by atoms with van der Waals surface area (Å²) in [7, 11) is 0. The topological polar surface area (TPSA) is 49.8 Å². The van der Waals surface area contributed by atoms with Gasteiger partial charge in [0.2, 0.25) is 5.91 Å². The molecule has 1 aromatic rings. The molecular formula is C17H21NO3. The van der Waals surface area contributed by atoms with E-state index in [0.717, 1.165) is 5.56 Å². The first-order chi connectivity index (χ1) is 10.2. The van der Waals surface area contributed by atoms with Gasteiger partial charge in [-0.1, -0.05) is 36.9 Å². The lowest BCUT2D eigenvalue weighted by Crippen LogP contribution is -2.38. The van der Waals surface area contributed by atoms with Gasteiger partial charge < -0.3 is 14.7 Å². The number of hydrogen-bond donors (Lipinski definition) is 1. The van der Waals surface area contributed by atoms with Crippen LogP contribution in [0.1, 0.15) is 18.9 Å². The first-order valence-corrected chi connectivity index (χ1v) is 7.17. The van der Waals surface area contributed by atoms with Gasteiger partial charge in [0.1, 0.15) is 6.10 Å². The lowest BCUT2D eigenvalue weighted by molar-refractivity contribution is -0.140. The SMILES string of the molecule is C=C=CC[C@@H]1C(=O)N(Cc2ccccc2)[C@H](OCC)[C@H]1O. The highest BCUT2D eigenvalue weighted by molar-refractivity contribution is 5.82. The predicted octanol–water partition coefficient (Wildman–Crippen LogP) is 2.10. The van der Waals surface area contributed by atoms with Gasteiger partial charge in [-0.25, -0.2) is 0 Å². The van der Waals surface area contributed by atoms with E-state index in [2.05, 4.69) is 12.3 Å². The zero-order chi connectivity index (χ0) is 15.2. The maximum Gasteiger partial charge on any atom is 0.231 e. The van der Waals surface area contributed by atoms with Crippen molar-refractivity contribution in [2.24, 2.45) is 5.92 Å². The van der Waals surface area contributed by atoms with Crippen molar-refractivity contribution in [2.45, 2.75) is 32.2 Å². The van der Waals surface area contributed by atoms with E-state index >= 15 is 0 Å². The standard InChI is InChI=1S/C17H21NO3/c1-3-5-11-14-15(19)17(21-4-2)18(16(14)20)12-13-9-7-6-8-10-13/h5-10,14-15,17,19H,1,4,11-12H2,2H3/t14-,15-,17+/m0/s1.